The van der Waals surface area contributed by atoms with E-state index >= 15 is 0 Å². The van der Waals surface area contributed by atoms with E-state index in [4.69, 9.17) is 17.3 Å². The molecule has 0 saturated carbocycles. The maximum atomic E-state index is 14.2. The molecule has 3 nitrogen and oxygen atoms in total. The van der Waals surface area contributed by atoms with E-state index in [2.05, 4.69) is 4.99 Å². The molecule has 0 spiro atoms. The summed E-state index contributed by atoms with van der Waals surface area (Å²) in [5, 5.41) is 0.501. The van der Waals surface area contributed by atoms with Crippen LogP contribution in [0.1, 0.15) is 17.2 Å². The number of benzene rings is 2. The van der Waals surface area contributed by atoms with Gasteiger partial charge in [0.15, 0.2) is 5.96 Å². The summed E-state index contributed by atoms with van der Waals surface area (Å²) >= 11 is 6.00. The monoisotopic (exact) mass is 303 g/mol. The van der Waals surface area contributed by atoms with Gasteiger partial charge in [0.1, 0.15) is 5.82 Å². The zero-order valence-electron chi connectivity index (χ0n) is 11.6. The Balaban J connectivity index is 2.07. The Bertz CT molecular complexity index is 714. The first-order valence-electron chi connectivity index (χ1n) is 6.67. The SMILES string of the molecule is Cc1ccccc1N1C(N)=NCC1c1cc(Cl)ccc1F. The number of nitrogens with two attached hydrogens (primary N) is 1. The van der Waals surface area contributed by atoms with Gasteiger partial charge in [-0.15, -0.1) is 0 Å². The highest BCUT2D eigenvalue weighted by Gasteiger charge is 2.31. The van der Waals surface area contributed by atoms with E-state index in [0.717, 1.165) is 11.3 Å². The van der Waals surface area contributed by atoms with Gasteiger partial charge in [0.2, 0.25) is 0 Å². The Hall–Kier alpha value is -2.07. The second-order valence-electron chi connectivity index (χ2n) is 5.04. The molecule has 5 heteroatoms. The number of halogens is 2. The lowest BCUT2D eigenvalue weighted by Gasteiger charge is -2.28. The van der Waals surface area contributed by atoms with E-state index in [0.29, 0.717) is 23.1 Å². The van der Waals surface area contributed by atoms with Gasteiger partial charge in [-0.2, -0.15) is 0 Å². The number of anilines is 1. The molecule has 108 valence electrons. The molecule has 0 radical (unpaired) electrons. The summed E-state index contributed by atoms with van der Waals surface area (Å²) in [5.74, 6) is 0.0987. The Kier molecular flexibility index (Phi) is 3.55. The van der Waals surface area contributed by atoms with Crippen molar-refractivity contribution in [3.8, 4) is 0 Å². The predicted octanol–water partition coefficient (Wildman–Crippen LogP) is 3.66. The third-order valence-corrected chi connectivity index (χ3v) is 3.91. The lowest BCUT2D eigenvalue weighted by molar-refractivity contribution is 0.589. The van der Waals surface area contributed by atoms with Gasteiger partial charge < -0.3 is 10.6 Å². The van der Waals surface area contributed by atoms with Gasteiger partial charge in [-0.3, -0.25) is 4.99 Å². The molecule has 21 heavy (non-hydrogen) atoms. The van der Waals surface area contributed by atoms with Crippen molar-refractivity contribution >= 4 is 23.2 Å². The van der Waals surface area contributed by atoms with Crippen LogP contribution in [-0.2, 0) is 0 Å². The second kappa shape index (κ2) is 5.37. The van der Waals surface area contributed by atoms with Crippen LogP contribution in [0.25, 0.3) is 0 Å². The molecule has 0 fully saturated rings. The number of aryl methyl sites for hydroxylation is 1. The van der Waals surface area contributed by atoms with Crippen molar-refractivity contribution in [2.24, 2.45) is 10.7 Å². The minimum Gasteiger partial charge on any atom is -0.369 e. The number of hydrogen-bond donors (Lipinski definition) is 1. The van der Waals surface area contributed by atoms with Crippen LogP contribution in [-0.4, -0.2) is 12.5 Å². The quantitative estimate of drug-likeness (QED) is 0.920. The van der Waals surface area contributed by atoms with Gasteiger partial charge in [-0.05, 0) is 36.8 Å². The number of aliphatic imine (C=N–C) groups is 1. The van der Waals surface area contributed by atoms with Crippen molar-refractivity contribution in [1.29, 1.82) is 0 Å². The number of rotatable bonds is 2. The van der Waals surface area contributed by atoms with Gasteiger partial charge >= 0.3 is 0 Å². The molecule has 1 atom stereocenters. The van der Waals surface area contributed by atoms with Gasteiger partial charge in [0.25, 0.3) is 0 Å². The zero-order valence-corrected chi connectivity index (χ0v) is 12.3. The first kappa shape index (κ1) is 13.9. The molecular formula is C16H15ClFN3. The third kappa shape index (κ3) is 2.47. The summed E-state index contributed by atoms with van der Waals surface area (Å²) in [6.07, 6.45) is 0. The largest absolute Gasteiger partial charge is 0.369 e. The Morgan fingerprint density at radius 2 is 2.05 bits per heavy atom. The maximum Gasteiger partial charge on any atom is 0.196 e. The Labute approximate surface area is 127 Å². The fraction of sp³-hybridized carbons (Fsp3) is 0.188. The molecule has 1 aliphatic heterocycles. The summed E-state index contributed by atoms with van der Waals surface area (Å²) in [7, 11) is 0. The first-order chi connectivity index (χ1) is 10.1. The average Bonchev–Trinajstić information content (AvgIpc) is 2.84. The Morgan fingerprint density at radius 1 is 1.29 bits per heavy atom. The number of para-hydroxylation sites is 1. The maximum absolute atomic E-state index is 14.2. The van der Waals surface area contributed by atoms with Crippen molar-refractivity contribution in [2.45, 2.75) is 13.0 Å². The molecule has 0 saturated heterocycles. The van der Waals surface area contributed by atoms with Crippen LogP contribution in [0.2, 0.25) is 5.02 Å². The van der Waals surface area contributed by atoms with E-state index in [1.165, 1.54) is 12.1 Å². The van der Waals surface area contributed by atoms with Crippen molar-refractivity contribution in [2.75, 3.05) is 11.4 Å². The third-order valence-electron chi connectivity index (χ3n) is 3.68. The standard InChI is InChI=1S/C16H15ClFN3/c1-10-4-2-3-5-14(10)21-15(9-20-16(21)19)12-8-11(17)6-7-13(12)18/h2-8,15H,9H2,1H3,(H2,19,20). The fourth-order valence-corrected chi connectivity index (χ4v) is 2.81. The van der Waals surface area contributed by atoms with Crippen LogP contribution in [0.15, 0.2) is 47.5 Å². The molecule has 2 aromatic rings. The normalized spacial score (nSPS) is 18.0. The lowest BCUT2D eigenvalue weighted by Crippen LogP contribution is -2.36. The molecule has 3 rings (SSSR count). The Morgan fingerprint density at radius 3 is 2.81 bits per heavy atom. The minimum atomic E-state index is -0.298. The second-order valence-corrected chi connectivity index (χ2v) is 5.47. The van der Waals surface area contributed by atoms with Gasteiger partial charge in [-0.1, -0.05) is 29.8 Å². The minimum absolute atomic E-state index is 0.273. The van der Waals surface area contributed by atoms with Gasteiger partial charge in [0, 0.05) is 16.3 Å². The highest BCUT2D eigenvalue weighted by atomic mass is 35.5. The summed E-state index contributed by atoms with van der Waals surface area (Å²) in [4.78, 5) is 6.14. The first-order valence-corrected chi connectivity index (χ1v) is 7.05. The zero-order chi connectivity index (χ0) is 15.0. The molecule has 0 amide bonds. The average molecular weight is 304 g/mol. The molecule has 0 bridgehead atoms. The highest BCUT2D eigenvalue weighted by Crippen LogP contribution is 2.34. The molecule has 2 N–H and O–H groups in total. The van der Waals surface area contributed by atoms with Crippen molar-refractivity contribution < 1.29 is 4.39 Å². The van der Waals surface area contributed by atoms with E-state index in [1.807, 2.05) is 36.1 Å². The van der Waals surface area contributed by atoms with E-state index in [1.54, 1.807) is 6.07 Å². The number of nitrogens with zero attached hydrogens (tertiary/aromatic N) is 2. The van der Waals surface area contributed by atoms with Crippen LogP contribution >= 0.6 is 11.6 Å². The smallest absolute Gasteiger partial charge is 0.196 e. The molecule has 1 unspecified atom stereocenters. The molecule has 1 heterocycles. The van der Waals surface area contributed by atoms with Crippen LogP contribution in [0.3, 0.4) is 0 Å². The van der Waals surface area contributed by atoms with Gasteiger partial charge in [-0.25, -0.2) is 4.39 Å². The summed E-state index contributed by atoms with van der Waals surface area (Å²) in [6.45, 7) is 2.41. The van der Waals surface area contributed by atoms with Crippen molar-refractivity contribution in [1.82, 2.24) is 0 Å². The van der Waals surface area contributed by atoms with Crippen LogP contribution in [0.4, 0.5) is 10.1 Å². The van der Waals surface area contributed by atoms with Crippen LogP contribution in [0, 0.1) is 12.7 Å². The summed E-state index contributed by atoms with van der Waals surface area (Å²) in [5.41, 5.74) is 8.52. The molecule has 2 aromatic carbocycles. The fourth-order valence-electron chi connectivity index (χ4n) is 2.63. The van der Waals surface area contributed by atoms with Crippen LogP contribution < -0.4 is 10.6 Å². The van der Waals surface area contributed by atoms with Crippen LogP contribution in [0.5, 0.6) is 0 Å². The van der Waals surface area contributed by atoms with Crippen molar-refractivity contribution in [3.63, 3.8) is 0 Å². The number of guanidine groups is 1. The molecule has 0 aromatic heterocycles. The summed E-state index contributed by atoms with van der Waals surface area (Å²) in [6, 6.07) is 12.1. The predicted molar refractivity (Wildman–Crippen MR) is 84.3 cm³/mol. The van der Waals surface area contributed by atoms with Crippen molar-refractivity contribution in [3.05, 3.63) is 64.4 Å². The highest BCUT2D eigenvalue weighted by molar-refractivity contribution is 6.30. The van der Waals surface area contributed by atoms with E-state index in [9.17, 15) is 4.39 Å². The molecule has 1 aliphatic rings. The van der Waals surface area contributed by atoms with Gasteiger partial charge in [0.05, 0.1) is 12.6 Å². The molecular weight excluding hydrogens is 289 g/mol. The van der Waals surface area contributed by atoms with E-state index in [-0.39, 0.29) is 11.9 Å². The lowest BCUT2D eigenvalue weighted by atomic mass is 10.0. The number of hydrogen-bond acceptors (Lipinski definition) is 3. The van der Waals surface area contributed by atoms with E-state index < -0.39 is 0 Å². The topological polar surface area (TPSA) is 41.6 Å². The molecule has 0 aliphatic carbocycles. The summed E-state index contributed by atoms with van der Waals surface area (Å²) < 4.78 is 14.2.